The van der Waals surface area contributed by atoms with Gasteiger partial charge in [-0.1, -0.05) is 0 Å². The van der Waals surface area contributed by atoms with E-state index in [4.69, 9.17) is 9.52 Å². The predicted molar refractivity (Wildman–Crippen MR) is 57.3 cm³/mol. The maximum absolute atomic E-state index is 13.0. The quantitative estimate of drug-likeness (QED) is 0.861. The molecule has 0 bridgehead atoms. The number of hydrogen-bond acceptors (Lipinski definition) is 3. The standard InChI is InChI=1S/C12H11F2NO2/c13-10-3-9(4-11(14)12(10)16)6-15-5-8-1-2-17-7-8/h1-4,7,15-16H,5-6H2. The van der Waals surface area contributed by atoms with E-state index in [-0.39, 0.29) is 0 Å². The summed E-state index contributed by atoms with van der Waals surface area (Å²) < 4.78 is 30.9. The molecule has 0 fully saturated rings. The summed E-state index contributed by atoms with van der Waals surface area (Å²) in [7, 11) is 0. The van der Waals surface area contributed by atoms with Crippen molar-refractivity contribution >= 4 is 0 Å². The number of rotatable bonds is 4. The number of hydrogen-bond donors (Lipinski definition) is 2. The van der Waals surface area contributed by atoms with Crippen LogP contribution in [0.2, 0.25) is 0 Å². The second kappa shape index (κ2) is 4.97. The summed E-state index contributed by atoms with van der Waals surface area (Å²) in [6.45, 7) is 0.847. The molecule has 0 aliphatic carbocycles. The normalized spacial score (nSPS) is 10.7. The number of aromatic hydroxyl groups is 1. The second-order valence-corrected chi connectivity index (χ2v) is 3.64. The van der Waals surface area contributed by atoms with Gasteiger partial charge in [0.25, 0.3) is 0 Å². The minimum atomic E-state index is -0.954. The van der Waals surface area contributed by atoms with Crippen molar-refractivity contribution in [2.75, 3.05) is 0 Å². The molecule has 0 saturated carbocycles. The first-order valence-electron chi connectivity index (χ1n) is 5.05. The molecule has 17 heavy (non-hydrogen) atoms. The number of benzene rings is 1. The summed E-state index contributed by atoms with van der Waals surface area (Å²) in [6.07, 6.45) is 3.14. The summed E-state index contributed by atoms with van der Waals surface area (Å²) in [5.74, 6) is -2.85. The highest BCUT2D eigenvalue weighted by Crippen LogP contribution is 2.21. The molecule has 0 radical (unpaired) electrons. The van der Waals surface area contributed by atoms with E-state index >= 15 is 0 Å². The lowest BCUT2D eigenvalue weighted by molar-refractivity contribution is 0.395. The van der Waals surface area contributed by atoms with Gasteiger partial charge in [0.15, 0.2) is 17.4 Å². The van der Waals surface area contributed by atoms with Crippen LogP contribution in [0.4, 0.5) is 8.78 Å². The first kappa shape index (κ1) is 11.6. The van der Waals surface area contributed by atoms with E-state index < -0.39 is 17.4 Å². The maximum atomic E-state index is 13.0. The molecule has 0 saturated heterocycles. The molecule has 1 aromatic carbocycles. The van der Waals surface area contributed by atoms with Gasteiger partial charge in [-0.2, -0.15) is 0 Å². The van der Waals surface area contributed by atoms with Gasteiger partial charge in [-0.25, -0.2) is 8.78 Å². The largest absolute Gasteiger partial charge is 0.503 e. The molecule has 1 heterocycles. The third-order valence-electron chi connectivity index (χ3n) is 2.32. The average Bonchev–Trinajstić information content (AvgIpc) is 2.79. The number of nitrogens with one attached hydrogen (secondary N) is 1. The van der Waals surface area contributed by atoms with E-state index in [0.29, 0.717) is 18.7 Å². The van der Waals surface area contributed by atoms with Gasteiger partial charge in [0.1, 0.15) is 0 Å². The first-order chi connectivity index (χ1) is 8.16. The zero-order chi connectivity index (χ0) is 12.3. The lowest BCUT2D eigenvalue weighted by atomic mass is 10.2. The van der Waals surface area contributed by atoms with Gasteiger partial charge in [-0.3, -0.25) is 0 Å². The molecule has 0 aliphatic rings. The van der Waals surface area contributed by atoms with Crippen LogP contribution < -0.4 is 5.32 Å². The van der Waals surface area contributed by atoms with E-state index in [0.717, 1.165) is 17.7 Å². The van der Waals surface area contributed by atoms with Crippen LogP contribution in [0, 0.1) is 11.6 Å². The average molecular weight is 239 g/mol. The Morgan fingerprint density at radius 2 is 1.76 bits per heavy atom. The van der Waals surface area contributed by atoms with Gasteiger partial charge in [-0.05, 0) is 23.8 Å². The third kappa shape index (κ3) is 2.82. The van der Waals surface area contributed by atoms with E-state index in [9.17, 15) is 8.78 Å². The number of furan rings is 1. The minimum absolute atomic E-state index is 0.305. The highest BCUT2D eigenvalue weighted by Gasteiger charge is 2.09. The SMILES string of the molecule is Oc1c(F)cc(CNCc2ccoc2)cc1F. The van der Waals surface area contributed by atoms with E-state index in [1.165, 1.54) is 0 Å². The van der Waals surface area contributed by atoms with Crippen molar-refractivity contribution in [3.63, 3.8) is 0 Å². The molecule has 0 amide bonds. The van der Waals surface area contributed by atoms with Gasteiger partial charge in [0.05, 0.1) is 12.5 Å². The van der Waals surface area contributed by atoms with Crippen molar-refractivity contribution < 1.29 is 18.3 Å². The Hall–Kier alpha value is -1.88. The van der Waals surface area contributed by atoms with Crippen LogP contribution in [0.1, 0.15) is 11.1 Å². The van der Waals surface area contributed by atoms with Gasteiger partial charge >= 0.3 is 0 Å². The molecule has 3 nitrogen and oxygen atoms in total. The highest BCUT2D eigenvalue weighted by atomic mass is 19.1. The number of phenols is 1. The Bertz CT molecular complexity index is 474. The summed E-state index contributed by atoms with van der Waals surface area (Å²) >= 11 is 0. The molecule has 2 N–H and O–H groups in total. The maximum Gasteiger partial charge on any atom is 0.187 e. The van der Waals surface area contributed by atoms with Crippen molar-refractivity contribution in [1.29, 1.82) is 0 Å². The van der Waals surface area contributed by atoms with Crippen molar-refractivity contribution in [2.24, 2.45) is 0 Å². The van der Waals surface area contributed by atoms with E-state index in [1.54, 1.807) is 18.6 Å². The van der Waals surface area contributed by atoms with Crippen LogP contribution in [0.3, 0.4) is 0 Å². The molecule has 90 valence electrons. The summed E-state index contributed by atoms with van der Waals surface area (Å²) in [6, 6.07) is 3.99. The highest BCUT2D eigenvalue weighted by molar-refractivity contribution is 5.30. The van der Waals surface area contributed by atoms with Crippen molar-refractivity contribution in [2.45, 2.75) is 13.1 Å². The molecule has 5 heteroatoms. The van der Waals surface area contributed by atoms with Gasteiger partial charge in [-0.15, -0.1) is 0 Å². The van der Waals surface area contributed by atoms with Crippen molar-refractivity contribution in [3.05, 3.63) is 53.5 Å². The minimum Gasteiger partial charge on any atom is -0.503 e. The lowest BCUT2D eigenvalue weighted by Crippen LogP contribution is -2.12. The van der Waals surface area contributed by atoms with Crippen LogP contribution in [0.15, 0.2) is 35.1 Å². The van der Waals surface area contributed by atoms with E-state index in [1.807, 2.05) is 0 Å². The molecule has 0 atom stereocenters. The lowest BCUT2D eigenvalue weighted by Gasteiger charge is -2.05. The molecule has 0 unspecified atom stereocenters. The summed E-state index contributed by atoms with van der Waals surface area (Å²) in [5, 5.41) is 11.9. The fourth-order valence-electron chi connectivity index (χ4n) is 1.46. The van der Waals surface area contributed by atoms with Crippen LogP contribution in [-0.2, 0) is 13.1 Å². The van der Waals surface area contributed by atoms with Gasteiger partial charge in [0.2, 0.25) is 0 Å². The Morgan fingerprint density at radius 1 is 1.12 bits per heavy atom. The van der Waals surface area contributed by atoms with Crippen LogP contribution in [0.5, 0.6) is 5.75 Å². The summed E-state index contributed by atoms with van der Waals surface area (Å²) in [4.78, 5) is 0. The zero-order valence-corrected chi connectivity index (χ0v) is 8.91. The van der Waals surface area contributed by atoms with Crippen molar-refractivity contribution in [3.8, 4) is 5.75 Å². The Kier molecular flexibility index (Phi) is 3.39. The van der Waals surface area contributed by atoms with Gasteiger partial charge < -0.3 is 14.8 Å². The number of phenolic OH excluding ortho intramolecular Hbond substituents is 1. The fourth-order valence-corrected chi connectivity index (χ4v) is 1.46. The molecular weight excluding hydrogens is 228 g/mol. The smallest absolute Gasteiger partial charge is 0.187 e. The molecule has 0 aliphatic heterocycles. The monoisotopic (exact) mass is 239 g/mol. The number of halogens is 2. The van der Waals surface area contributed by atoms with Gasteiger partial charge in [0, 0.05) is 18.7 Å². The predicted octanol–water partition coefficient (Wildman–Crippen LogP) is 2.55. The first-order valence-corrected chi connectivity index (χ1v) is 5.05. The zero-order valence-electron chi connectivity index (χ0n) is 8.91. The molecule has 0 spiro atoms. The summed E-state index contributed by atoms with van der Waals surface area (Å²) in [5.41, 5.74) is 1.38. The Balaban J connectivity index is 1.95. The van der Waals surface area contributed by atoms with Crippen molar-refractivity contribution in [1.82, 2.24) is 5.32 Å². The van der Waals surface area contributed by atoms with Crippen LogP contribution >= 0.6 is 0 Å². The Morgan fingerprint density at radius 3 is 2.35 bits per heavy atom. The fraction of sp³-hybridized carbons (Fsp3) is 0.167. The van der Waals surface area contributed by atoms with Crippen LogP contribution in [-0.4, -0.2) is 5.11 Å². The Labute approximate surface area is 96.7 Å². The van der Waals surface area contributed by atoms with Crippen LogP contribution in [0.25, 0.3) is 0 Å². The molecular formula is C12H11F2NO2. The van der Waals surface area contributed by atoms with E-state index in [2.05, 4.69) is 5.32 Å². The topological polar surface area (TPSA) is 45.4 Å². The molecule has 2 aromatic rings. The second-order valence-electron chi connectivity index (χ2n) is 3.64. The third-order valence-corrected chi connectivity index (χ3v) is 2.32. The molecule has 2 rings (SSSR count). The molecule has 1 aromatic heterocycles.